The molecule has 25 nitrogen and oxygen atoms in total. The molecule has 27 heteroatoms. The third-order valence-corrected chi connectivity index (χ3v) is 19.7. The number of aliphatic hydroxyl groups excluding tert-OH is 1. The summed E-state index contributed by atoms with van der Waals surface area (Å²) < 4.78 is 79.2. The lowest BCUT2D eigenvalue weighted by molar-refractivity contribution is -0.205. The van der Waals surface area contributed by atoms with Gasteiger partial charge in [0.2, 0.25) is 35.3 Å². The number of Topliss-reactive ketones (excluding diaryl/α,β-unsaturated/α-hetero) is 1. The highest BCUT2D eigenvalue weighted by Gasteiger charge is 2.76. The van der Waals surface area contributed by atoms with Gasteiger partial charge in [0.05, 0.1) is 77.3 Å². The van der Waals surface area contributed by atoms with Gasteiger partial charge in [0, 0.05) is 60.0 Å². The molecule has 2 heterocycles. The van der Waals surface area contributed by atoms with Gasteiger partial charge in [-0.25, -0.2) is 18.4 Å². The van der Waals surface area contributed by atoms with Crippen LogP contribution in [0.25, 0.3) is 0 Å². The molecule has 0 spiro atoms. The van der Waals surface area contributed by atoms with Crippen molar-refractivity contribution in [2.24, 2.45) is 28.4 Å². The minimum absolute atomic E-state index is 0.0158. The first-order valence-corrected chi connectivity index (χ1v) is 35.1. The van der Waals surface area contributed by atoms with Crippen molar-refractivity contribution in [1.82, 2.24) is 21.3 Å². The molecule has 5 aliphatic rings. The summed E-state index contributed by atoms with van der Waals surface area (Å²) in [5, 5.41) is 25.4. The van der Waals surface area contributed by atoms with Gasteiger partial charge in [-0.2, -0.15) is 0 Å². The van der Waals surface area contributed by atoms with Crippen molar-refractivity contribution in [1.29, 1.82) is 0 Å². The molecule has 2 aliphatic heterocycles. The Bertz CT molecular complexity index is 3580. The summed E-state index contributed by atoms with van der Waals surface area (Å²) in [5.41, 5.74) is 2.05. The summed E-state index contributed by atoms with van der Waals surface area (Å²) in [7, 11) is 0. The van der Waals surface area contributed by atoms with Crippen LogP contribution in [0.1, 0.15) is 134 Å². The van der Waals surface area contributed by atoms with E-state index in [9.17, 15) is 48.3 Å². The number of alkyl halides is 2. The Morgan fingerprint density at radius 1 is 0.775 bits per heavy atom. The number of nitrogens with two attached hydrogens (primary N) is 1. The van der Waals surface area contributed by atoms with Gasteiger partial charge in [-0.15, -0.1) is 0 Å². The number of ether oxygens (including phenoxy) is 8. The molecular weight excluding hydrogens is 1320 g/mol. The summed E-state index contributed by atoms with van der Waals surface area (Å²) in [6, 6.07) is 18.4. The van der Waals surface area contributed by atoms with E-state index < -0.39 is 119 Å². The van der Waals surface area contributed by atoms with Gasteiger partial charge in [0.15, 0.2) is 24.3 Å². The Hall–Kier alpha value is -8.49. The van der Waals surface area contributed by atoms with E-state index in [1.807, 2.05) is 55.5 Å². The lowest BCUT2D eigenvalue weighted by Gasteiger charge is -2.56. The van der Waals surface area contributed by atoms with Gasteiger partial charge >= 0.3 is 12.2 Å². The van der Waals surface area contributed by atoms with Crippen LogP contribution in [-0.4, -0.2) is 179 Å². The molecule has 3 fully saturated rings. The van der Waals surface area contributed by atoms with Crippen molar-refractivity contribution >= 4 is 64.7 Å². The number of anilines is 2. The number of aliphatic hydroxyl groups is 1. The highest BCUT2D eigenvalue weighted by atomic mass is 19.1. The smallest absolute Gasteiger partial charge is 0.429 e. The lowest BCUT2D eigenvalue weighted by atomic mass is 9.51. The van der Waals surface area contributed by atoms with Gasteiger partial charge in [-0.3, -0.25) is 33.6 Å². The molecule has 554 valence electrons. The number of para-hydroxylation sites is 1. The van der Waals surface area contributed by atoms with E-state index in [4.69, 9.17) is 43.6 Å². The maximum atomic E-state index is 17.8. The number of amides is 7. The predicted octanol–water partition coefficient (Wildman–Crippen LogP) is 7.21. The number of fused-ring (bicyclic) bond motifs is 5. The zero-order valence-corrected chi connectivity index (χ0v) is 58.9. The maximum absolute atomic E-state index is 17.8. The second-order valence-electron chi connectivity index (χ2n) is 26.9. The van der Waals surface area contributed by atoms with Crippen molar-refractivity contribution in [3.63, 3.8) is 0 Å². The van der Waals surface area contributed by atoms with Crippen molar-refractivity contribution in [3.8, 4) is 11.8 Å². The third-order valence-electron chi connectivity index (χ3n) is 19.7. The molecule has 8 N–H and O–H groups in total. The number of rotatable bonds is 38. The van der Waals surface area contributed by atoms with E-state index in [2.05, 4.69) is 38.4 Å². The molecule has 102 heavy (non-hydrogen) atoms. The molecule has 2 saturated carbocycles. The summed E-state index contributed by atoms with van der Waals surface area (Å²) in [4.78, 5) is 120. The average molecular weight is 1420 g/mol. The van der Waals surface area contributed by atoms with Crippen LogP contribution in [0.5, 0.6) is 0 Å². The number of carbonyl (C=O) groups is 9. The molecule has 3 aromatic carbocycles. The maximum Gasteiger partial charge on any atom is 0.509 e. The molecule has 8 rings (SSSR count). The van der Waals surface area contributed by atoms with Gasteiger partial charge in [-0.1, -0.05) is 101 Å². The number of nitrogens with zero attached hydrogens (tertiary/aromatic N) is 1. The van der Waals surface area contributed by atoms with Crippen LogP contribution in [0.2, 0.25) is 0 Å². The number of benzene rings is 3. The second kappa shape index (κ2) is 37.1. The fourth-order valence-electron chi connectivity index (χ4n) is 14.0. The van der Waals surface area contributed by atoms with Crippen LogP contribution in [-0.2, 0) is 84.6 Å². The predicted molar refractivity (Wildman–Crippen MR) is 370 cm³/mol. The highest BCUT2D eigenvalue weighted by Crippen LogP contribution is 2.68. The second-order valence-corrected chi connectivity index (χ2v) is 26.9. The number of hydrogen-bond acceptors (Lipinski definition) is 18. The number of ketones is 2. The SMILES string of the molecule is CCCC1O[C@@H]2C[C@H]3C[C@@](F)([C@@]4(C)C=CC(=O)C=C4[C@@H](F)CC)[C@@H](O)C[C@]3(C)[C@]2(C(=O)COC(=O)OCc2ccc(NC(=O)[C@H](CCCNC(N)=O)NC(=O)[C@@H](NC(=O)CCOCCOCCOCCOCCNC(=O)CCC(=O)N3Cc4ccccc4C#Cc4ccccc43)C(C)C)cc2)O1. The van der Waals surface area contributed by atoms with Gasteiger partial charge in [-0.05, 0) is 123 Å². The Morgan fingerprint density at radius 2 is 1.44 bits per heavy atom. The molecule has 1 saturated heterocycles. The first kappa shape index (κ1) is 79.2. The molecule has 0 aromatic heterocycles. The molecule has 11 atom stereocenters. The van der Waals surface area contributed by atoms with E-state index >= 15 is 8.78 Å². The van der Waals surface area contributed by atoms with E-state index in [-0.39, 0.29) is 141 Å². The van der Waals surface area contributed by atoms with Gasteiger partial charge < -0.3 is 80.2 Å². The monoisotopic (exact) mass is 1420 g/mol. The first-order valence-electron chi connectivity index (χ1n) is 35.1. The Balaban J connectivity index is 0.704. The molecule has 3 aromatic rings. The Morgan fingerprint density at radius 3 is 2.13 bits per heavy atom. The summed E-state index contributed by atoms with van der Waals surface area (Å²) >= 11 is 0. The van der Waals surface area contributed by atoms with Crippen LogP contribution >= 0.6 is 0 Å². The number of halogens is 2. The van der Waals surface area contributed by atoms with Crippen molar-refractivity contribution < 1.29 is 94.9 Å². The molecule has 1 unspecified atom stereocenters. The van der Waals surface area contributed by atoms with E-state index in [0.29, 0.717) is 42.9 Å². The number of allylic oxidation sites excluding steroid dienone is 4. The van der Waals surface area contributed by atoms with Crippen molar-refractivity contribution in [2.45, 2.75) is 173 Å². The Labute approximate surface area is 593 Å². The summed E-state index contributed by atoms with van der Waals surface area (Å²) in [6.07, 6.45) is -1.80. The quantitative estimate of drug-likeness (QED) is 0.0169. The number of nitrogens with one attached hydrogen (secondary N) is 5. The number of urea groups is 1. The highest BCUT2D eigenvalue weighted by molar-refractivity contribution is 6.02. The molecular formula is C75H97F2N7O18. The molecule has 0 radical (unpaired) electrons. The average Bonchev–Trinajstić information content (AvgIpc) is 1.49. The van der Waals surface area contributed by atoms with Crippen LogP contribution in [0.3, 0.4) is 0 Å². The van der Waals surface area contributed by atoms with Crippen LogP contribution < -0.4 is 37.2 Å². The van der Waals surface area contributed by atoms with E-state index in [0.717, 1.165) is 22.8 Å². The van der Waals surface area contributed by atoms with Crippen LogP contribution in [0.4, 0.5) is 29.7 Å². The minimum atomic E-state index is -2.45. The minimum Gasteiger partial charge on any atom is -0.429 e. The number of hydrogen-bond donors (Lipinski definition) is 7. The van der Waals surface area contributed by atoms with E-state index in [1.54, 1.807) is 44.7 Å². The third kappa shape index (κ3) is 19.8. The lowest BCUT2D eigenvalue weighted by Crippen LogP contribution is -2.65. The zero-order valence-electron chi connectivity index (χ0n) is 58.9. The summed E-state index contributed by atoms with van der Waals surface area (Å²) in [6.45, 7) is 11.6. The molecule has 3 aliphatic carbocycles. The number of carbonyl (C=O) groups excluding carboxylic acids is 9. The molecule has 7 amide bonds. The largest absolute Gasteiger partial charge is 0.509 e. The standard InChI is InChI=1S/C75H97F2N7O18/c1-7-14-66-101-62-41-53-43-74(77,72(5)30-28-55(85)42-56(72)57(76)8-2)60(86)44-73(53,6)75(62,102-66)61(87)47-100-71(94)99-46-49-20-24-54(25-21-49)81-68(91)58(18-13-31-80-70(78)93)82-69(92)67(48(3)4)83-64(89)29-33-95-35-37-97-39-40-98-38-36-96-34-32-79-63(88)26-27-65(90)84-45-52-17-10-9-15-50(52)22-23-51-16-11-12-19-59(51)84/h9-12,15-17,19-21,24-25,28,30,42,48,53,57-58,60,62,66-67,86H,7-8,13-14,18,26-27,29,31-41,43-47H2,1-6H3,(H,79,88)(H,81,91)(H,82,92)(H,83,89)(H3,78,80,93)/t53-,57-,58-,60-,62+,66?,67-,72-,73-,74-,75+/m0/s1. The topological polar surface area (TPSA) is 337 Å². The van der Waals surface area contributed by atoms with Gasteiger partial charge in [0.1, 0.15) is 30.5 Å². The van der Waals surface area contributed by atoms with Crippen molar-refractivity contribution in [2.75, 3.05) is 82.8 Å². The summed E-state index contributed by atoms with van der Waals surface area (Å²) in [5.74, 6) is 2.03. The van der Waals surface area contributed by atoms with Gasteiger partial charge in [0.25, 0.3) is 0 Å². The molecule has 0 bridgehead atoms. The van der Waals surface area contributed by atoms with Crippen molar-refractivity contribution in [3.05, 3.63) is 119 Å². The van der Waals surface area contributed by atoms with E-state index in [1.165, 1.54) is 31.2 Å². The van der Waals surface area contributed by atoms with Crippen LogP contribution in [0.15, 0.2) is 96.6 Å². The zero-order chi connectivity index (χ0) is 73.6. The van der Waals surface area contributed by atoms with Crippen LogP contribution in [0, 0.1) is 34.5 Å². The normalized spacial score (nSPS) is 24.0. The fraction of sp³-hybridized carbons (Fsp3) is 0.560. The first-order chi connectivity index (χ1) is 48.9. The number of primary amides is 1. The fourth-order valence-corrected chi connectivity index (χ4v) is 14.0. The Kier molecular flexibility index (Phi) is 28.8.